The Bertz CT molecular complexity index is 1130. The van der Waals surface area contributed by atoms with Crippen molar-refractivity contribution in [3.8, 4) is 23.0 Å². The van der Waals surface area contributed by atoms with Crippen LogP contribution in [-0.4, -0.2) is 24.2 Å². The van der Waals surface area contributed by atoms with Crippen LogP contribution in [0.1, 0.15) is 13.8 Å². The Morgan fingerprint density at radius 3 is 2.36 bits per heavy atom. The van der Waals surface area contributed by atoms with Gasteiger partial charge in [-0.1, -0.05) is 25.2 Å². The van der Waals surface area contributed by atoms with Crippen LogP contribution in [0, 0.1) is 5.82 Å². The molecule has 2 heterocycles. The molecule has 0 bridgehead atoms. The van der Waals surface area contributed by atoms with Crippen LogP contribution >= 0.6 is 11.3 Å². The fourth-order valence-electron chi connectivity index (χ4n) is 2.68. The van der Waals surface area contributed by atoms with Gasteiger partial charge in [-0.05, 0) is 12.1 Å². The molecule has 2 aromatic carbocycles. The van der Waals surface area contributed by atoms with Crippen LogP contribution in [0.4, 0.5) is 9.52 Å². The van der Waals surface area contributed by atoms with E-state index in [0.717, 1.165) is 4.70 Å². The molecule has 28 heavy (non-hydrogen) atoms. The fraction of sp³-hybridized carbons (Fsp3) is 0.200. The Hall–Kier alpha value is -3.13. The standard InChI is InChI=1S/C18H14FN3O3S.C2H6/c1-23-15-5-9-11(7-16(15)24-2)21-4-3-13(9)25-14-8-17-12(6-10(14)19)22-18(20)26-17;1-2/h3-8H,1-2H3,(H2,20,22);1-2H3. The smallest absolute Gasteiger partial charge is 0.181 e. The van der Waals surface area contributed by atoms with Crippen molar-refractivity contribution >= 4 is 37.6 Å². The monoisotopic (exact) mass is 401 g/mol. The van der Waals surface area contributed by atoms with Gasteiger partial charge < -0.3 is 19.9 Å². The molecule has 0 aliphatic heterocycles. The summed E-state index contributed by atoms with van der Waals surface area (Å²) in [5.41, 5.74) is 6.83. The third kappa shape index (κ3) is 3.63. The second kappa shape index (κ2) is 8.26. The molecule has 0 atom stereocenters. The first-order valence-electron chi connectivity index (χ1n) is 8.63. The van der Waals surface area contributed by atoms with E-state index in [9.17, 15) is 4.39 Å². The maximum absolute atomic E-state index is 14.4. The molecule has 4 aromatic rings. The normalized spacial score (nSPS) is 10.5. The van der Waals surface area contributed by atoms with Crippen molar-refractivity contribution in [3.05, 3.63) is 42.3 Å². The number of rotatable bonds is 4. The summed E-state index contributed by atoms with van der Waals surface area (Å²) in [5.74, 6) is 1.10. The van der Waals surface area contributed by atoms with Crippen LogP contribution in [0.5, 0.6) is 23.0 Å². The van der Waals surface area contributed by atoms with Crippen LogP contribution in [0.25, 0.3) is 21.1 Å². The summed E-state index contributed by atoms with van der Waals surface area (Å²) < 4.78 is 31.6. The third-order valence-electron chi connectivity index (χ3n) is 3.89. The number of nitrogens with zero attached hydrogens (tertiary/aromatic N) is 2. The average molecular weight is 401 g/mol. The number of nitrogens with two attached hydrogens (primary N) is 1. The summed E-state index contributed by atoms with van der Waals surface area (Å²) in [6, 6.07) is 8.05. The fourth-order valence-corrected chi connectivity index (χ4v) is 3.43. The van der Waals surface area contributed by atoms with Crippen molar-refractivity contribution in [2.75, 3.05) is 20.0 Å². The second-order valence-corrected chi connectivity index (χ2v) is 6.50. The number of methoxy groups -OCH3 is 2. The quantitative estimate of drug-likeness (QED) is 0.493. The molecule has 146 valence electrons. The van der Waals surface area contributed by atoms with E-state index < -0.39 is 5.82 Å². The number of anilines is 1. The van der Waals surface area contributed by atoms with Crippen LogP contribution in [0.2, 0.25) is 0 Å². The van der Waals surface area contributed by atoms with Crippen LogP contribution in [0.3, 0.4) is 0 Å². The molecule has 6 nitrogen and oxygen atoms in total. The molecule has 0 spiro atoms. The summed E-state index contributed by atoms with van der Waals surface area (Å²) in [4.78, 5) is 8.38. The van der Waals surface area contributed by atoms with Gasteiger partial charge in [0.05, 0.1) is 30.0 Å². The molecule has 0 aliphatic carbocycles. The molecule has 2 aromatic heterocycles. The molecule has 0 saturated carbocycles. The summed E-state index contributed by atoms with van der Waals surface area (Å²) in [6.07, 6.45) is 1.59. The SMILES string of the molecule is CC.COc1cc2nccc(Oc3cc4sc(N)nc4cc3F)c2cc1OC. The number of thiazole rings is 1. The van der Waals surface area contributed by atoms with Crippen molar-refractivity contribution in [3.63, 3.8) is 0 Å². The summed E-state index contributed by atoms with van der Waals surface area (Å²) in [6.45, 7) is 4.00. The molecule has 2 N–H and O–H groups in total. The van der Waals surface area contributed by atoms with Crippen molar-refractivity contribution < 1.29 is 18.6 Å². The molecule has 0 radical (unpaired) electrons. The van der Waals surface area contributed by atoms with Crippen LogP contribution < -0.4 is 19.9 Å². The lowest BCUT2D eigenvalue weighted by atomic mass is 10.2. The Labute approximate surface area is 165 Å². The number of hydrogen-bond acceptors (Lipinski definition) is 7. The van der Waals surface area contributed by atoms with Gasteiger partial charge in [0.25, 0.3) is 0 Å². The van der Waals surface area contributed by atoms with Gasteiger partial charge in [-0.25, -0.2) is 9.37 Å². The molecule has 0 amide bonds. The third-order valence-corrected chi connectivity index (χ3v) is 4.73. The minimum absolute atomic E-state index is 0.0865. The molecule has 4 rings (SSSR count). The van der Waals surface area contributed by atoms with Gasteiger partial charge in [-0.3, -0.25) is 4.98 Å². The topological polar surface area (TPSA) is 79.5 Å². The minimum atomic E-state index is -0.520. The highest BCUT2D eigenvalue weighted by Crippen LogP contribution is 2.38. The van der Waals surface area contributed by atoms with Crippen molar-refractivity contribution in [1.29, 1.82) is 0 Å². The van der Waals surface area contributed by atoms with E-state index in [0.29, 0.717) is 38.8 Å². The molecule has 0 saturated heterocycles. The van der Waals surface area contributed by atoms with Gasteiger partial charge in [0.1, 0.15) is 5.75 Å². The van der Waals surface area contributed by atoms with Gasteiger partial charge >= 0.3 is 0 Å². The van der Waals surface area contributed by atoms with E-state index in [1.165, 1.54) is 17.4 Å². The second-order valence-electron chi connectivity index (χ2n) is 5.44. The predicted molar refractivity (Wildman–Crippen MR) is 110 cm³/mol. The number of nitrogen functional groups attached to an aromatic ring is 1. The molecule has 0 aliphatic rings. The number of benzene rings is 2. The molecule has 0 fully saturated rings. The van der Waals surface area contributed by atoms with Crippen molar-refractivity contribution in [2.45, 2.75) is 13.8 Å². The largest absolute Gasteiger partial charge is 0.493 e. The Morgan fingerprint density at radius 1 is 0.929 bits per heavy atom. The molecule has 0 unspecified atom stereocenters. The Kier molecular flexibility index (Phi) is 5.79. The van der Waals surface area contributed by atoms with Crippen LogP contribution in [-0.2, 0) is 0 Å². The zero-order chi connectivity index (χ0) is 20.3. The molecule has 8 heteroatoms. The maximum atomic E-state index is 14.4. The number of aromatic nitrogens is 2. The van der Waals surface area contributed by atoms with Gasteiger partial charge in [0.15, 0.2) is 28.2 Å². The number of halogens is 1. The minimum Gasteiger partial charge on any atom is -0.493 e. The molecular formula is C20H20FN3O3S. The number of fused-ring (bicyclic) bond motifs is 2. The lowest BCUT2D eigenvalue weighted by molar-refractivity contribution is 0.355. The highest BCUT2D eigenvalue weighted by atomic mass is 32.1. The number of hydrogen-bond donors (Lipinski definition) is 1. The predicted octanol–water partition coefficient (Wildman–Crippen LogP) is 5.40. The zero-order valence-electron chi connectivity index (χ0n) is 15.9. The van der Waals surface area contributed by atoms with E-state index in [2.05, 4.69) is 9.97 Å². The first-order chi connectivity index (χ1) is 13.6. The number of pyridine rings is 1. The molecular weight excluding hydrogens is 381 g/mol. The van der Waals surface area contributed by atoms with Gasteiger partial charge in [-0.2, -0.15) is 0 Å². The number of ether oxygens (including phenoxy) is 3. The lowest BCUT2D eigenvalue weighted by Crippen LogP contribution is -1.94. The van der Waals surface area contributed by atoms with Crippen molar-refractivity contribution in [1.82, 2.24) is 9.97 Å². The van der Waals surface area contributed by atoms with E-state index in [4.69, 9.17) is 19.9 Å². The van der Waals surface area contributed by atoms with Crippen molar-refractivity contribution in [2.24, 2.45) is 0 Å². The first kappa shape index (κ1) is 19.6. The highest BCUT2D eigenvalue weighted by Gasteiger charge is 2.14. The van der Waals surface area contributed by atoms with E-state index in [1.807, 2.05) is 13.8 Å². The first-order valence-corrected chi connectivity index (χ1v) is 9.45. The van der Waals surface area contributed by atoms with Gasteiger partial charge in [0, 0.05) is 29.8 Å². The van der Waals surface area contributed by atoms with Gasteiger partial charge in [-0.15, -0.1) is 0 Å². The summed E-state index contributed by atoms with van der Waals surface area (Å²) in [5, 5.41) is 1.05. The lowest BCUT2D eigenvalue weighted by Gasteiger charge is -2.12. The van der Waals surface area contributed by atoms with Gasteiger partial charge in [0.2, 0.25) is 0 Å². The highest BCUT2D eigenvalue weighted by molar-refractivity contribution is 7.22. The average Bonchev–Trinajstić information content (AvgIpc) is 3.07. The van der Waals surface area contributed by atoms with Crippen LogP contribution in [0.15, 0.2) is 36.5 Å². The zero-order valence-corrected chi connectivity index (χ0v) is 16.8. The summed E-state index contributed by atoms with van der Waals surface area (Å²) >= 11 is 1.27. The van der Waals surface area contributed by atoms with E-state index >= 15 is 0 Å². The summed E-state index contributed by atoms with van der Waals surface area (Å²) in [7, 11) is 3.10. The van der Waals surface area contributed by atoms with E-state index in [1.54, 1.807) is 44.7 Å². The maximum Gasteiger partial charge on any atom is 0.181 e. The Balaban J connectivity index is 0.00000109. The van der Waals surface area contributed by atoms with E-state index in [-0.39, 0.29) is 5.75 Å². The Morgan fingerprint density at radius 2 is 1.64 bits per heavy atom.